The van der Waals surface area contributed by atoms with Gasteiger partial charge in [-0.2, -0.15) is 0 Å². The highest BCUT2D eigenvalue weighted by Crippen LogP contribution is 2.26. The first-order valence-corrected chi connectivity index (χ1v) is 8.62. The van der Waals surface area contributed by atoms with Gasteiger partial charge >= 0.3 is 0 Å². The molecule has 2 aromatic carbocycles. The smallest absolute Gasteiger partial charge is 0.0455 e. The maximum absolute atomic E-state index is 5.94. The Morgan fingerprint density at radius 2 is 1.18 bits per heavy atom. The molecule has 0 saturated carbocycles. The van der Waals surface area contributed by atoms with E-state index in [4.69, 9.17) is 46.4 Å². The lowest BCUT2D eigenvalue weighted by Crippen LogP contribution is -1.87. The highest BCUT2D eigenvalue weighted by atomic mass is 35.5. The topological polar surface area (TPSA) is 0 Å². The largest absolute Gasteiger partial charge is 0.0843 e. The van der Waals surface area contributed by atoms with Gasteiger partial charge in [-0.15, -0.1) is 0 Å². The predicted molar refractivity (Wildman–Crippen MR) is 101 cm³/mol. The highest BCUT2D eigenvalue weighted by molar-refractivity contribution is 6.35. The van der Waals surface area contributed by atoms with Crippen molar-refractivity contribution < 1.29 is 0 Å². The van der Waals surface area contributed by atoms with E-state index in [0.29, 0.717) is 26.9 Å². The molecule has 4 heteroatoms. The maximum Gasteiger partial charge on any atom is 0.0455 e. The molecule has 0 atom stereocenters. The van der Waals surface area contributed by atoms with Crippen molar-refractivity contribution in [1.82, 2.24) is 0 Å². The fourth-order valence-electron chi connectivity index (χ4n) is 1.88. The molecule has 0 fully saturated rings. The number of halogens is 4. The van der Waals surface area contributed by atoms with E-state index < -0.39 is 0 Å². The quantitative estimate of drug-likeness (QED) is 0.494. The summed E-state index contributed by atoms with van der Waals surface area (Å²) in [7, 11) is 0. The van der Waals surface area contributed by atoms with E-state index in [-0.39, 0.29) is 0 Å². The molecule has 120 valence electrons. The first-order chi connectivity index (χ1) is 10.2. The molecule has 0 heterocycles. The number of hydrogen-bond donors (Lipinski definition) is 0. The van der Waals surface area contributed by atoms with Crippen molar-refractivity contribution in [2.45, 2.75) is 39.5 Å². The Balaban J connectivity index is 0.000000220. The first kappa shape index (κ1) is 19.6. The van der Waals surface area contributed by atoms with Gasteiger partial charge in [0.15, 0.2) is 0 Å². The molecule has 0 unspecified atom stereocenters. The molecular weight excluding hydrogens is 358 g/mol. The van der Waals surface area contributed by atoms with Crippen molar-refractivity contribution in [3.05, 3.63) is 67.6 Å². The van der Waals surface area contributed by atoms with Gasteiger partial charge in [0, 0.05) is 20.1 Å². The van der Waals surface area contributed by atoms with Crippen LogP contribution in [0, 0.1) is 0 Å². The second-order valence-electron chi connectivity index (χ2n) is 5.68. The van der Waals surface area contributed by atoms with Gasteiger partial charge in [-0.1, -0.05) is 80.2 Å². The summed E-state index contributed by atoms with van der Waals surface area (Å²) in [4.78, 5) is 0. The van der Waals surface area contributed by atoms with Crippen molar-refractivity contribution >= 4 is 46.4 Å². The summed E-state index contributed by atoms with van der Waals surface area (Å²) in [6.45, 7) is 8.44. The third-order valence-electron chi connectivity index (χ3n) is 3.14. The number of benzene rings is 2. The minimum Gasteiger partial charge on any atom is -0.0843 e. The molecular formula is C18H20Cl4. The molecule has 0 amide bonds. The second-order valence-corrected chi connectivity index (χ2v) is 7.39. The van der Waals surface area contributed by atoms with E-state index in [1.54, 1.807) is 12.1 Å². The molecule has 2 rings (SSSR count). The Morgan fingerprint density at radius 3 is 1.59 bits per heavy atom. The number of rotatable bonds is 2. The van der Waals surface area contributed by atoms with Crippen LogP contribution in [0.15, 0.2) is 36.4 Å². The van der Waals surface area contributed by atoms with E-state index in [1.807, 2.05) is 24.3 Å². The summed E-state index contributed by atoms with van der Waals surface area (Å²) in [5.41, 5.74) is 2.33. The molecule has 0 aliphatic heterocycles. The summed E-state index contributed by atoms with van der Waals surface area (Å²) in [5, 5.41) is 2.87. The van der Waals surface area contributed by atoms with Crippen molar-refractivity contribution in [2.75, 3.05) is 0 Å². The molecule has 2 aromatic rings. The Bertz CT molecular complexity index is 598. The Labute approximate surface area is 153 Å². The van der Waals surface area contributed by atoms with E-state index in [0.717, 1.165) is 10.6 Å². The minimum absolute atomic E-state index is 0.458. The summed E-state index contributed by atoms with van der Waals surface area (Å²) in [5.74, 6) is 0.936. The molecule has 0 spiro atoms. The van der Waals surface area contributed by atoms with Crippen LogP contribution < -0.4 is 0 Å². The van der Waals surface area contributed by atoms with Crippen molar-refractivity contribution in [3.63, 3.8) is 0 Å². The van der Waals surface area contributed by atoms with Gasteiger partial charge in [0.25, 0.3) is 0 Å². The van der Waals surface area contributed by atoms with Crippen LogP contribution in [0.4, 0.5) is 0 Å². The summed E-state index contributed by atoms with van der Waals surface area (Å²) in [6, 6.07) is 11.2. The van der Waals surface area contributed by atoms with Crippen LogP contribution in [-0.4, -0.2) is 0 Å². The fraction of sp³-hybridized carbons (Fsp3) is 0.333. The zero-order valence-electron chi connectivity index (χ0n) is 13.1. The zero-order chi connectivity index (χ0) is 16.9. The maximum atomic E-state index is 5.94. The molecule has 0 aliphatic rings. The molecule has 22 heavy (non-hydrogen) atoms. The van der Waals surface area contributed by atoms with Gasteiger partial charge in [0.05, 0.1) is 0 Å². The lowest BCUT2D eigenvalue weighted by atomic mass is 10.0. The SMILES string of the molecule is CC(C)c1cc(Cl)cc(Cl)c1.CC(C)c1ccc(Cl)cc1Cl. The fourth-order valence-corrected chi connectivity index (χ4v) is 3.05. The van der Waals surface area contributed by atoms with Gasteiger partial charge in [-0.25, -0.2) is 0 Å². The van der Waals surface area contributed by atoms with Crippen LogP contribution in [0.1, 0.15) is 50.7 Å². The Kier molecular flexibility index (Phi) is 8.07. The third-order valence-corrected chi connectivity index (χ3v) is 4.13. The lowest BCUT2D eigenvalue weighted by molar-refractivity contribution is 0.867. The van der Waals surface area contributed by atoms with E-state index in [2.05, 4.69) is 27.7 Å². The molecule has 0 bridgehead atoms. The van der Waals surface area contributed by atoms with Crippen LogP contribution in [0.25, 0.3) is 0 Å². The van der Waals surface area contributed by atoms with Gasteiger partial charge in [-0.3, -0.25) is 0 Å². The number of hydrogen-bond acceptors (Lipinski definition) is 0. The second kappa shape index (κ2) is 9.03. The van der Waals surface area contributed by atoms with E-state index in [1.165, 1.54) is 5.56 Å². The van der Waals surface area contributed by atoms with Crippen LogP contribution in [-0.2, 0) is 0 Å². The summed E-state index contributed by atoms with van der Waals surface area (Å²) >= 11 is 23.3. The lowest BCUT2D eigenvalue weighted by Gasteiger charge is -2.06. The molecule has 0 radical (unpaired) electrons. The van der Waals surface area contributed by atoms with Crippen LogP contribution in [0.5, 0.6) is 0 Å². The first-order valence-electron chi connectivity index (χ1n) is 7.11. The van der Waals surface area contributed by atoms with Gasteiger partial charge in [-0.05, 0) is 53.3 Å². The van der Waals surface area contributed by atoms with Crippen LogP contribution in [0.3, 0.4) is 0 Å². The van der Waals surface area contributed by atoms with Gasteiger partial charge in [0.2, 0.25) is 0 Å². The zero-order valence-corrected chi connectivity index (χ0v) is 16.2. The standard InChI is InChI=1S/2C9H10Cl2/c1-6(2)7-3-8(10)5-9(11)4-7;1-6(2)8-4-3-7(10)5-9(8)11/h2*3-6H,1-2H3. The average molecular weight is 378 g/mol. The van der Waals surface area contributed by atoms with E-state index >= 15 is 0 Å². The molecule has 0 aliphatic carbocycles. The summed E-state index contributed by atoms with van der Waals surface area (Å²) in [6.07, 6.45) is 0. The third kappa shape index (κ3) is 6.38. The highest BCUT2D eigenvalue weighted by Gasteiger charge is 2.04. The Hall–Kier alpha value is -0.400. The Morgan fingerprint density at radius 1 is 0.636 bits per heavy atom. The van der Waals surface area contributed by atoms with Gasteiger partial charge in [0.1, 0.15) is 0 Å². The van der Waals surface area contributed by atoms with Crippen LogP contribution >= 0.6 is 46.4 Å². The molecule has 0 N–H and O–H groups in total. The van der Waals surface area contributed by atoms with Crippen LogP contribution in [0.2, 0.25) is 20.1 Å². The normalized spacial score (nSPS) is 10.6. The molecule has 0 saturated heterocycles. The average Bonchev–Trinajstić information content (AvgIpc) is 2.37. The van der Waals surface area contributed by atoms with Crippen molar-refractivity contribution in [3.8, 4) is 0 Å². The predicted octanol–water partition coefficient (Wildman–Crippen LogP) is 8.23. The minimum atomic E-state index is 0.458. The summed E-state index contributed by atoms with van der Waals surface area (Å²) < 4.78 is 0. The molecule has 0 nitrogen and oxygen atoms in total. The van der Waals surface area contributed by atoms with E-state index in [9.17, 15) is 0 Å². The van der Waals surface area contributed by atoms with Crippen molar-refractivity contribution in [2.24, 2.45) is 0 Å². The molecule has 0 aromatic heterocycles. The van der Waals surface area contributed by atoms with Gasteiger partial charge < -0.3 is 0 Å². The van der Waals surface area contributed by atoms with Crippen molar-refractivity contribution in [1.29, 1.82) is 0 Å². The monoisotopic (exact) mass is 376 g/mol.